The highest BCUT2D eigenvalue weighted by Crippen LogP contribution is 2.16. The fraction of sp³-hybridized carbons (Fsp3) is 0.300. The van der Waals surface area contributed by atoms with E-state index in [1.807, 2.05) is 30.3 Å². The Balaban J connectivity index is 1.61. The van der Waals surface area contributed by atoms with Crippen LogP contribution in [0.3, 0.4) is 0 Å². The number of hydrogen-bond acceptors (Lipinski definition) is 2. The van der Waals surface area contributed by atoms with Gasteiger partial charge in [0.25, 0.3) is 0 Å². The van der Waals surface area contributed by atoms with Crippen molar-refractivity contribution in [1.29, 1.82) is 0 Å². The quantitative estimate of drug-likeness (QED) is 0.713. The van der Waals surface area contributed by atoms with Gasteiger partial charge in [-0.3, -0.25) is 4.79 Å². The van der Waals surface area contributed by atoms with Gasteiger partial charge < -0.3 is 10.3 Å². The zero-order valence-corrected chi connectivity index (χ0v) is 14.2. The average Bonchev–Trinajstić information content (AvgIpc) is 3.02. The second-order valence-electron chi connectivity index (χ2n) is 5.99. The lowest BCUT2D eigenvalue weighted by atomic mass is 10.1. The molecule has 2 N–H and O–H groups in total. The molecule has 0 bridgehead atoms. The summed E-state index contributed by atoms with van der Waals surface area (Å²) in [5, 5.41) is 2.98. The number of H-pyrrole nitrogens is 1. The van der Waals surface area contributed by atoms with Gasteiger partial charge >= 0.3 is 0 Å². The maximum absolute atomic E-state index is 12.2. The first-order valence-corrected chi connectivity index (χ1v) is 8.54. The standard InChI is InChI=1S/C20H23N3O/c1-3-14-6-5-7-16(12-14)21-20(24)11-9-15-8-10-17-18(13-15)23-19(4-2)22-17/h5-8,10,12-13H,3-4,9,11H2,1-2H3,(H,21,24)(H,22,23). The molecule has 1 aromatic heterocycles. The lowest BCUT2D eigenvalue weighted by Gasteiger charge is -2.07. The van der Waals surface area contributed by atoms with Crippen LogP contribution in [0.15, 0.2) is 42.5 Å². The van der Waals surface area contributed by atoms with Gasteiger partial charge in [-0.15, -0.1) is 0 Å². The van der Waals surface area contributed by atoms with Gasteiger partial charge in [-0.05, 0) is 48.2 Å². The Hall–Kier alpha value is -2.62. The third kappa shape index (κ3) is 3.82. The highest BCUT2D eigenvalue weighted by molar-refractivity contribution is 5.91. The molecule has 0 saturated heterocycles. The molecule has 4 nitrogen and oxygen atoms in total. The molecule has 4 heteroatoms. The van der Waals surface area contributed by atoms with Gasteiger partial charge in [0.15, 0.2) is 0 Å². The third-order valence-electron chi connectivity index (χ3n) is 4.19. The molecule has 0 unspecified atom stereocenters. The number of anilines is 1. The Morgan fingerprint density at radius 3 is 2.75 bits per heavy atom. The molecule has 0 atom stereocenters. The molecule has 3 aromatic rings. The SMILES string of the molecule is CCc1cccc(NC(=O)CCc2ccc3nc(CC)[nH]c3c2)c1. The van der Waals surface area contributed by atoms with Crippen molar-refractivity contribution in [3.63, 3.8) is 0 Å². The molecule has 3 rings (SSSR count). The lowest BCUT2D eigenvalue weighted by Crippen LogP contribution is -2.12. The fourth-order valence-corrected chi connectivity index (χ4v) is 2.78. The van der Waals surface area contributed by atoms with Crippen molar-refractivity contribution < 1.29 is 4.79 Å². The van der Waals surface area contributed by atoms with Gasteiger partial charge in [-0.2, -0.15) is 0 Å². The Morgan fingerprint density at radius 1 is 1.08 bits per heavy atom. The normalized spacial score (nSPS) is 10.9. The zero-order chi connectivity index (χ0) is 16.9. The summed E-state index contributed by atoms with van der Waals surface area (Å²) in [5.74, 6) is 1.04. The Morgan fingerprint density at radius 2 is 1.96 bits per heavy atom. The van der Waals surface area contributed by atoms with E-state index in [0.29, 0.717) is 6.42 Å². The summed E-state index contributed by atoms with van der Waals surface area (Å²) in [6.45, 7) is 4.19. The van der Waals surface area contributed by atoms with E-state index in [0.717, 1.165) is 47.4 Å². The summed E-state index contributed by atoms with van der Waals surface area (Å²) >= 11 is 0. The highest BCUT2D eigenvalue weighted by atomic mass is 16.1. The lowest BCUT2D eigenvalue weighted by molar-refractivity contribution is -0.116. The summed E-state index contributed by atoms with van der Waals surface area (Å²) in [6.07, 6.45) is 3.04. The summed E-state index contributed by atoms with van der Waals surface area (Å²) in [5.41, 5.74) is 5.27. The molecule has 24 heavy (non-hydrogen) atoms. The van der Waals surface area contributed by atoms with E-state index in [-0.39, 0.29) is 5.91 Å². The monoisotopic (exact) mass is 321 g/mol. The van der Waals surface area contributed by atoms with Crippen LogP contribution in [0.2, 0.25) is 0 Å². The van der Waals surface area contributed by atoms with Crippen molar-refractivity contribution in [3.8, 4) is 0 Å². The molecular weight excluding hydrogens is 298 g/mol. The summed E-state index contributed by atoms with van der Waals surface area (Å²) in [7, 11) is 0. The molecule has 124 valence electrons. The second-order valence-corrected chi connectivity index (χ2v) is 5.99. The highest BCUT2D eigenvalue weighted by Gasteiger charge is 2.06. The number of nitrogens with one attached hydrogen (secondary N) is 2. The Bertz CT molecular complexity index is 851. The first-order chi connectivity index (χ1) is 11.7. The van der Waals surface area contributed by atoms with E-state index < -0.39 is 0 Å². The minimum atomic E-state index is 0.0437. The molecular formula is C20H23N3O. The summed E-state index contributed by atoms with van der Waals surface area (Å²) < 4.78 is 0. The topological polar surface area (TPSA) is 57.8 Å². The van der Waals surface area contributed by atoms with Crippen LogP contribution in [0.25, 0.3) is 11.0 Å². The number of benzene rings is 2. The fourth-order valence-electron chi connectivity index (χ4n) is 2.78. The van der Waals surface area contributed by atoms with Gasteiger partial charge in [-0.1, -0.05) is 32.0 Å². The number of hydrogen-bond donors (Lipinski definition) is 2. The molecule has 0 fully saturated rings. The molecule has 1 amide bonds. The number of fused-ring (bicyclic) bond motifs is 1. The van der Waals surface area contributed by atoms with Crippen LogP contribution >= 0.6 is 0 Å². The van der Waals surface area contributed by atoms with Crippen LogP contribution in [0.5, 0.6) is 0 Å². The predicted molar refractivity (Wildman–Crippen MR) is 98.2 cm³/mol. The van der Waals surface area contributed by atoms with Crippen molar-refractivity contribution in [2.24, 2.45) is 0 Å². The van der Waals surface area contributed by atoms with Crippen molar-refractivity contribution in [1.82, 2.24) is 9.97 Å². The maximum atomic E-state index is 12.2. The van der Waals surface area contributed by atoms with Gasteiger partial charge in [0.2, 0.25) is 5.91 Å². The largest absolute Gasteiger partial charge is 0.342 e. The third-order valence-corrected chi connectivity index (χ3v) is 4.19. The molecule has 0 aliphatic rings. The van der Waals surface area contributed by atoms with Gasteiger partial charge in [-0.25, -0.2) is 4.98 Å². The first kappa shape index (κ1) is 16.2. The number of carbonyl (C=O) groups excluding carboxylic acids is 1. The Kier molecular flexibility index (Phi) is 4.94. The van der Waals surface area contributed by atoms with Crippen LogP contribution in [-0.2, 0) is 24.1 Å². The molecule has 0 spiro atoms. The number of carbonyl (C=O) groups is 1. The zero-order valence-electron chi connectivity index (χ0n) is 14.2. The molecule has 1 heterocycles. The van der Waals surface area contributed by atoms with E-state index in [4.69, 9.17) is 0 Å². The first-order valence-electron chi connectivity index (χ1n) is 8.54. The number of imidazole rings is 1. The molecule has 0 aliphatic heterocycles. The van der Waals surface area contributed by atoms with E-state index >= 15 is 0 Å². The number of amides is 1. The summed E-state index contributed by atoms with van der Waals surface area (Å²) in [6, 6.07) is 14.2. The molecule has 2 aromatic carbocycles. The smallest absolute Gasteiger partial charge is 0.224 e. The number of aromatic amines is 1. The van der Waals surface area contributed by atoms with Crippen molar-refractivity contribution in [2.75, 3.05) is 5.32 Å². The van der Waals surface area contributed by atoms with Crippen LogP contribution in [-0.4, -0.2) is 15.9 Å². The number of aromatic nitrogens is 2. The van der Waals surface area contributed by atoms with Crippen LogP contribution in [0, 0.1) is 0 Å². The van der Waals surface area contributed by atoms with Crippen molar-refractivity contribution >= 4 is 22.6 Å². The van der Waals surface area contributed by atoms with Crippen molar-refractivity contribution in [3.05, 3.63) is 59.4 Å². The van der Waals surface area contributed by atoms with E-state index in [2.05, 4.69) is 41.3 Å². The number of rotatable bonds is 6. The second kappa shape index (κ2) is 7.30. The summed E-state index contributed by atoms with van der Waals surface area (Å²) in [4.78, 5) is 20.0. The van der Waals surface area contributed by atoms with Crippen LogP contribution in [0.4, 0.5) is 5.69 Å². The Labute approximate surface area is 142 Å². The maximum Gasteiger partial charge on any atom is 0.224 e. The van der Waals surface area contributed by atoms with Crippen molar-refractivity contribution in [2.45, 2.75) is 39.5 Å². The number of aryl methyl sites for hydroxylation is 3. The average molecular weight is 321 g/mol. The van der Waals surface area contributed by atoms with E-state index in [1.54, 1.807) is 0 Å². The van der Waals surface area contributed by atoms with Gasteiger partial charge in [0.05, 0.1) is 11.0 Å². The molecule has 0 saturated carbocycles. The number of nitrogens with zero attached hydrogens (tertiary/aromatic N) is 1. The minimum Gasteiger partial charge on any atom is -0.342 e. The molecule has 0 aliphatic carbocycles. The van der Waals surface area contributed by atoms with Gasteiger partial charge in [0, 0.05) is 18.5 Å². The van der Waals surface area contributed by atoms with Crippen LogP contribution < -0.4 is 5.32 Å². The van der Waals surface area contributed by atoms with Crippen LogP contribution in [0.1, 0.15) is 37.2 Å². The van der Waals surface area contributed by atoms with E-state index in [9.17, 15) is 4.79 Å². The minimum absolute atomic E-state index is 0.0437. The predicted octanol–water partition coefficient (Wildman–Crippen LogP) is 4.26. The molecule has 0 radical (unpaired) electrons. The van der Waals surface area contributed by atoms with Gasteiger partial charge in [0.1, 0.15) is 5.82 Å². The van der Waals surface area contributed by atoms with E-state index in [1.165, 1.54) is 5.56 Å².